The highest BCUT2D eigenvalue weighted by Gasteiger charge is 2.19. The fourth-order valence-electron chi connectivity index (χ4n) is 1.44. The Bertz CT molecular complexity index is 698. The molecule has 0 unspecified atom stereocenters. The minimum absolute atomic E-state index is 0.118. The quantitative estimate of drug-likeness (QED) is 0.771. The molecule has 9 heteroatoms. The van der Waals surface area contributed by atoms with E-state index in [0.29, 0.717) is 5.82 Å². The molecule has 0 radical (unpaired) electrons. The molecule has 0 atom stereocenters. The number of halogens is 1. The largest absolute Gasteiger partial charge is 0.399 e. The van der Waals surface area contributed by atoms with E-state index in [1.54, 1.807) is 7.05 Å². The van der Waals surface area contributed by atoms with Crippen molar-refractivity contribution in [3.63, 3.8) is 0 Å². The highest BCUT2D eigenvalue weighted by molar-refractivity contribution is 7.89. The molecule has 3 N–H and O–H groups in total. The van der Waals surface area contributed by atoms with Crippen LogP contribution >= 0.6 is 0 Å². The molecule has 0 bridgehead atoms. The van der Waals surface area contributed by atoms with Gasteiger partial charge in [0, 0.05) is 12.7 Å². The van der Waals surface area contributed by atoms with Gasteiger partial charge in [-0.3, -0.25) is 4.68 Å². The van der Waals surface area contributed by atoms with Crippen LogP contribution in [0.5, 0.6) is 0 Å². The third-order valence-electron chi connectivity index (χ3n) is 2.31. The van der Waals surface area contributed by atoms with Crippen LogP contribution in [-0.2, 0) is 23.6 Å². The lowest BCUT2D eigenvalue weighted by Gasteiger charge is -2.06. The Hall–Kier alpha value is -2.00. The molecule has 0 aliphatic heterocycles. The zero-order valence-corrected chi connectivity index (χ0v) is 10.9. The summed E-state index contributed by atoms with van der Waals surface area (Å²) in [7, 11) is -2.31. The van der Waals surface area contributed by atoms with Gasteiger partial charge in [0.15, 0.2) is 5.82 Å². The van der Waals surface area contributed by atoms with Gasteiger partial charge in [-0.2, -0.15) is 5.10 Å². The standard InChI is InChI=1S/C10H12FN5O2S/c1-16-6-13-10(15-16)5-14-19(17,18)9-3-2-7(12)4-8(9)11/h2-4,6,14H,5,12H2,1H3. The number of nitrogens with one attached hydrogen (secondary N) is 1. The first-order valence-electron chi connectivity index (χ1n) is 5.28. The summed E-state index contributed by atoms with van der Waals surface area (Å²) in [6, 6.07) is 3.38. The second kappa shape index (κ2) is 4.94. The topological polar surface area (TPSA) is 103 Å². The molecule has 0 saturated heterocycles. The number of nitrogens with two attached hydrogens (primary N) is 1. The SMILES string of the molecule is Cn1cnc(CNS(=O)(=O)c2ccc(N)cc2F)n1. The monoisotopic (exact) mass is 285 g/mol. The third-order valence-corrected chi connectivity index (χ3v) is 3.75. The lowest BCUT2D eigenvalue weighted by Crippen LogP contribution is -2.25. The van der Waals surface area contributed by atoms with Crippen LogP contribution < -0.4 is 10.5 Å². The Labute approximate surface area is 109 Å². The number of hydrogen-bond donors (Lipinski definition) is 2. The molecule has 1 aromatic carbocycles. The summed E-state index contributed by atoms with van der Waals surface area (Å²) in [6.45, 7) is -0.118. The lowest BCUT2D eigenvalue weighted by molar-refractivity contribution is 0.555. The van der Waals surface area contributed by atoms with Crippen LogP contribution in [0.15, 0.2) is 29.4 Å². The van der Waals surface area contributed by atoms with Gasteiger partial charge in [0.2, 0.25) is 10.0 Å². The zero-order chi connectivity index (χ0) is 14.0. The normalized spacial score (nSPS) is 11.7. The van der Waals surface area contributed by atoms with Crippen molar-refractivity contribution in [2.24, 2.45) is 7.05 Å². The smallest absolute Gasteiger partial charge is 0.243 e. The molecule has 0 saturated carbocycles. The summed E-state index contributed by atoms with van der Waals surface area (Å²) in [5, 5.41) is 3.91. The van der Waals surface area contributed by atoms with Crippen LogP contribution in [0, 0.1) is 5.82 Å². The van der Waals surface area contributed by atoms with Gasteiger partial charge in [-0.25, -0.2) is 22.5 Å². The van der Waals surface area contributed by atoms with Crippen molar-refractivity contribution in [2.45, 2.75) is 11.4 Å². The van der Waals surface area contributed by atoms with Gasteiger partial charge in [0.05, 0.1) is 6.54 Å². The van der Waals surface area contributed by atoms with Crippen LogP contribution in [0.1, 0.15) is 5.82 Å². The number of nitrogen functional groups attached to an aromatic ring is 1. The summed E-state index contributed by atoms with van der Waals surface area (Å²) in [5.74, 6) is -0.608. The summed E-state index contributed by atoms with van der Waals surface area (Å²) >= 11 is 0. The number of sulfonamides is 1. The lowest BCUT2D eigenvalue weighted by atomic mass is 10.3. The Morgan fingerprint density at radius 1 is 1.47 bits per heavy atom. The summed E-state index contributed by atoms with van der Waals surface area (Å²) in [5.41, 5.74) is 5.52. The maximum Gasteiger partial charge on any atom is 0.243 e. The molecule has 0 spiro atoms. The number of hydrogen-bond acceptors (Lipinski definition) is 5. The number of anilines is 1. The molecule has 0 fully saturated rings. The second-order valence-electron chi connectivity index (χ2n) is 3.85. The van der Waals surface area contributed by atoms with Crippen LogP contribution in [-0.4, -0.2) is 23.2 Å². The fourth-order valence-corrected chi connectivity index (χ4v) is 2.47. The minimum Gasteiger partial charge on any atom is -0.399 e. The van der Waals surface area contributed by atoms with Crippen molar-refractivity contribution in [3.8, 4) is 0 Å². The average Bonchev–Trinajstić information content (AvgIpc) is 2.72. The maximum absolute atomic E-state index is 13.5. The summed E-state index contributed by atoms with van der Waals surface area (Å²) in [4.78, 5) is 3.40. The van der Waals surface area contributed by atoms with Crippen LogP contribution in [0.3, 0.4) is 0 Å². The Balaban J connectivity index is 2.18. The molecule has 19 heavy (non-hydrogen) atoms. The van der Waals surface area contributed by atoms with Crippen molar-refractivity contribution in [1.82, 2.24) is 19.5 Å². The predicted molar refractivity (Wildman–Crippen MR) is 65.8 cm³/mol. The van der Waals surface area contributed by atoms with E-state index in [-0.39, 0.29) is 12.2 Å². The number of aryl methyl sites for hydroxylation is 1. The van der Waals surface area contributed by atoms with E-state index in [4.69, 9.17) is 5.73 Å². The molecule has 0 aliphatic carbocycles. The molecule has 7 nitrogen and oxygen atoms in total. The van der Waals surface area contributed by atoms with E-state index in [0.717, 1.165) is 12.1 Å². The van der Waals surface area contributed by atoms with Gasteiger partial charge in [-0.05, 0) is 18.2 Å². The Morgan fingerprint density at radius 3 is 2.79 bits per heavy atom. The first-order valence-corrected chi connectivity index (χ1v) is 6.76. The summed E-state index contributed by atoms with van der Waals surface area (Å²) < 4.78 is 41.0. The van der Waals surface area contributed by atoms with E-state index in [1.807, 2.05) is 0 Å². The molecule has 2 aromatic rings. The first kappa shape index (κ1) is 13.4. The van der Waals surface area contributed by atoms with Gasteiger partial charge in [0.25, 0.3) is 0 Å². The highest BCUT2D eigenvalue weighted by Crippen LogP contribution is 2.17. The minimum atomic E-state index is -3.97. The fraction of sp³-hybridized carbons (Fsp3) is 0.200. The van der Waals surface area contributed by atoms with Gasteiger partial charge in [-0.15, -0.1) is 0 Å². The number of nitrogens with zero attached hydrogens (tertiary/aromatic N) is 3. The molecular weight excluding hydrogens is 273 g/mol. The van der Waals surface area contributed by atoms with Gasteiger partial charge in [0.1, 0.15) is 17.0 Å². The van der Waals surface area contributed by atoms with Gasteiger partial charge < -0.3 is 5.73 Å². The molecule has 1 heterocycles. The average molecular weight is 285 g/mol. The predicted octanol–water partition coefficient (Wildman–Crippen LogP) is 0.0149. The Morgan fingerprint density at radius 2 is 2.21 bits per heavy atom. The molecule has 2 rings (SSSR count). The van der Waals surface area contributed by atoms with E-state index < -0.39 is 20.7 Å². The zero-order valence-electron chi connectivity index (χ0n) is 10.0. The number of aromatic nitrogens is 3. The van der Waals surface area contributed by atoms with Crippen molar-refractivity contribution in [1.29, 1.82) is 0 Å². The van der Waals surface area contributed by atoms with Gasteiger partial charge in [-0.1, -0.05) is 0 Å². The molecular formula is C10H12FN5O2S. The second-order valence-corrected chi connectivity index (χ2v) is 5.58. The summed E-state index contributed by atoms with van der Waals surface area (Å²) in [6.07, 6.45) is 1.44. The van der Waals surface area contributed by atoms with E-state index in [9.17, 15) is 12.8 Å². The van der Waals surface area contributed by atoms with E-state index in [1.165, 1.54) is 17.1 Å². The van der Waals surface area contributed by atoms with Crippen molar-refractivity contribution >= 4 is 15.7 Å². The molecule has 0 amide bonds. The molecule has 0 aliphatic rings. The number of benzene rings is 1. The van der Waals surface area contributed by atoms with E-state index in [2.05, 4.69) is 14.8 Å². The third kappa shape index (κ3) is 3.06. The maximum atomic E-state index is 13.5. The Kier molecular flexibility index (Phi) is 3.49. The van der Waals surface area contributed by atoms with E-state index >= 15 is 0 Å². The van der Waals surface area contributed by atoms with Crippen LogP contribution in [0.4, 0.5) is 10.1 Å². The number of rotatable bonds is 4. The van der Waals surface area contributed by atoms with Crippen LogP contribution in [0.2, 0.25) is 0 Å². The van der Waals surface area contributed by atoms with Crippen LogP contribution in [0.25, 0.3) is 0 Å². The molecule has 102 valence electrons. The first-order chi connectivity index (χ1) is 8.88. The van der Waals surface area contributed by atoms with Crippen molar-refractivity contribution in [2.75, 3.05) is 5.73 Å². The molecule has 1 aromatic heterocycles. The van der Waals surface area contributed by atoms with Gasteiger partial charge >= 0.3 is 0 Å². The highest BCUT2D eigenvalue weighted by atomic mass is 32.2. The van der Waals surface area contributed by atoms with Crippen molar-refractivity contribution in [3.05, 3.63) is 36.2 Å². The van der Waals surface area contributed by atoms with Crippen molar-refractivity contribution < 1.29 is 12.8 Å².